The highest BCUT2D eigenvalue weighted by molar-refractivity contribution is 7.18. The second-order valence-electron chi connectivity index (χ2n) is 4.99. The summed E-state index contributed by atoms with van der Waals surface area (Å²) in [6.45, 7) is 1.98. The molecule has 2 aromatic heterocycles. The predicted molar refractivity (Wildman–Crippen MR) is 88.5 cm³/mol. The van der Waals surface area contributed by atoms with Crippen molar-refractivity contribution in [3.8, 4) is 0 Å². The number of hydrogen-bond acceptors (Lipinski definition) is 4. The van der Waals surface area contributed by atoms with Crippen LogP contribution in [-0.4, -0.2) is 22.8 Å². The van der Waals surface area contributed by atoms with Crippen LogP contribution in [0, 0.1) is 0 Å². The lowest BCUT2D eigenvalue weighted by Crippen LogP contribution is -2.27. The number of benzene rings is 1. The lowest BCUT2D eigenvalue weighted by molar-refractivity contribution is -0.126. The van der Waals surface area contributed by atoms with Crippen LogP contribution in [0.5, 0.6) is 0 Å². The Morgan fingerprint density at radius 3 is 2.86 bits per heavy atom. The number of aromatic nitrogens is 1. The third-order valence-electron chi connectivity index (χ3n) is 3.53. The van der Waals surface area contributed by atoms with Crippen molar-refractivity contribution in [1.29, 1.82) is 0 Å². The maximum Gasteiger partial charge on any atom is 0.247 e. The van der Waals surface area contributed by atoms with Gasteiger partial charge in [-0.2, -0.15) is 0 Å². The van der Waals surface area contributed by atoms with Gasteiger partial charge in [-0.1, -0.05) is 12.1 Å². The summed E-state index contributed by atoms with van der Waals surface area (Å²) >= 11 is 1.62. The van der Waals surface area contributed by atoms with E-state index in [0.29, 0.717) is 5.76 Å². The molecule has 1 amide bonds. The maximum atomic E-state index is 12.2. The molecule has 0 radical (unpaired) electrons. The number of hydrogen-bond donors (Lipinski definition) is 0. The topological polar surface area (TPSA) is 46.3 Å². The molecule has 0 bridgehead atoms. The molecule has 0 N–H and O–H groups in total. The largest absolute Gasteiger partial charge is 0.465 e. The van der Waals surface area contributed by atoms with Gasteiger partial charge < -0.3 is 9.32 Å². The summed E-state index contributed by atoms with van der Waals surface area (Å²) in [4.78, 5) is 18.5. The van der Waals surface area contributed by atoms with Crippen LogP contribution >= 0.6 is 11.3 Å². The summed E-state index contributed by atoms with van der Waals surface area (Å²) in [6, 6.07) is 11.5. The smallest absolute Gasteiger partial charge is 0.247 e. The Balaban J connectivity index is 1.75. The van der Waals surface area contributed by atoms with E-state index in [9.17, 15) is 4.79 Å². The van der Waals surface area contributed by atoms with E-state index in [-0.39, 0.29) is 11.9 Å². The fraction of sp³-hybridized carbons (Fsp3) is 0.176. The van der Waals surface area contributed by atoms with Crippen molar-refractivity contribution in [2.75, 3.05) is 7.05 Å². The molecular weight excluding hydrogens is 296 g/mol. The minimum Gasteiger partial charge on any atom is -0.465 e. The molecule has 0 aliphatic rings. The number of carbonyl (C=O) groups is 1. The van der Waals surface area contributed by atoms with Gasteiger partial charge in [0.05, 0.1) is 22.5 Å². The van der Waals surface area contributed by atoms with Crippen LogP contribution in [0.15, 0.2) is 53.2 Å². The second kappa shape index (κ2) is 6.15. The van der Waals surface area contributed by atoms with Gasteiger partial charge in [0.25, 0.3) is 0 Å². The third-order valence-corrected chi connectivity index (χ3v) is 4.74. The van der Waals surface area contributed by atoms with Crippen molar-refractivity contribution in [3.63, 3.8) is 0 Å². The zero-order chi connectivity index (χ0) is 15.5. The Kier molecular flexibility index (Phi) is 4.06. The minimum absolute atomic E-state index is 0.0776. The fourth-order valence-electron chi connectivity index (χ4n) is 2.08. The first kappa shape index (κ1) is 14.5. The summed E-state index contributed by atoms with van der Waals surface area (Å²) in [7, 11) is 1.78. The molecule has 0 saturated carbocycles. The van der Waals surface area contributed by atoms with Gasteiger partial charge in [0.15, 0.2) is 0 Å². The highest BCUT2D eigenvalue weighted by atomic mass is 32.1. The first-order chi connectivity index (χ1) is 10.6. The van der Waals surface area contributed by atoms with E-state index in [1.807, 2.05) is 31.2 Å². The van der Waals surface area contributed by atoms with Crippen LogP contribution in [-0.2, 0) is 4.79 Å². The van der Waals surface area contributed by atoms with Crippen molar-refractivity contribution in [1.82, 2.24) is 9.88 Å². The van der Waals surface area contributed by atoms with Gasteiger partial charge in [-0.15, -0.1) is 11.3 Å². The molecule has 0 aliphatic carbocycles. The molecule has 0 aliphatic heterocycles. The number of thiazole rings is 1. The Morgan fingerprint density at radius 2 is 2.14 bits per heavy atom. The molecule has 0 unspecified atom stereocenters. The molecule has 22 heavy (non-hydrogen) atoms. The van der Waals surface area contributed by atoms with Crippen molar-refractivity contribution >= 4 is 33.5 Å². The number of nitrogens with zero attached hydrogens (tertiary/aromatic N) is 2. The van der Waals surface area contributed by atoms with E-state index in [1.54, 1.807) is 47.8 Å². The molecule has 3 rings (SSSR count). The summed E-state index contributed by atoms with van der Waals surface area (Å²) in [6.07, 6.45) is 4.77. The summed E-state index contributed by atoms with van der Waals surface area (Å²) in [5.74, 6) is 0.581. The van der Waals surface area contributed by atoms with Crippen molar-refractivity contribution in [3.05, 3.63) is 59.5 Å². The maximum absolute atomic E-state index is 12.2. The van der Waals surface area contributed by atoms with E-state index in [0.717, 1.165) is 15.2 Å². The van der Waals surface area contributed by atoms with Crippen LogP contribution in [0.2, 0.25) is 0 Å². The molecule has 1 atom stereocenters. The lowest BCUT2D eigenvalue weighted by atomic mass is 10.3. The number of amides is 1. The average molecular weight is 312 g/mol. The molecular formula is C17H16N2O2S. The van der Waals surface area contributed by atoms with Crippen molar-refractivity contribution in [2.24, 2.45) is 0 Å². The van der Waals surface area contributed by atoms with Crippen LogP contribution in [0.1, 0.15) is 23.7 Å². The van der Waals surface area contributed by atoms with Gasteiger partial charge in [-0.05, 0) is 37.3 Å². The third kappa shape index (κ3) is 2.94. The molecule has 3 aromatic rings. The Bertz CT molecular complexity index is 772. The fourth-order valence-corrected chi connectivity index (χ4v) is 3.15. The summed E-state index contributed by atoms with van der Waals surface area (Å²) in [5.41, 5.74) is 0.973. The van der Waals surface area contributed by atoms with Crippen LogP contribution in [0.4, 0.5) is 0 Å². The van der Waals surface area contributed by atoms with E-state index in [4.69, 9.17) is 4.42 Å². The van der Waals surface area contributed by atoms with E-state index in [1.165, 1.54) is 6.08 Å². The lowest BCUT2D eigenvalue weighted by Gasteiger charge is -2.21. The first-order valence-corrected chi connectivity index (χ1v) is 7.80. The van der Waals surface area contributed by atoms with E-state index in [2.05, 4.69) is 4.98 Å². The van der Waals surface area contributed by atoms with Crippen molar-refractivity contribution < 1.29 is 9.21 Å². The zero-order valence-electron chi connectivity index (χ0n) is 12.4. The monoisotopic (exact) mass is 312 g/mol. The Hall–Kier alpha value is -2.40. The predicted octanol–water partition coefficient (Wildman–Crippen LogP) is 4.12. The van der Waals surface area contributed by atoms with Crippen LogP contribution in [0.25, 0.3) is 16.3 Å². The molecule has 4 nitrogen and oxygen atoms in total. The Morgan fingerprint density at radius 1 is 1.32 bits per heavy atom. The zero-order valence-corrected chi connectivity index (χ0v) is 13.2. The van der Waals surface area contributed by atoms with Gasteiger partial charge in [0, 0.05) is 13.1 Å². The molecule has 2 heterocycles. The molecule has 112 valence electrons. The molecule has 0 fully saturated rings. The van der Waals surface area contributed by atoms with Gasteiger partial charge >= 0.3 is 0 Å². The SMILES string of the molecule is C[C@@H](c1nc2ccccc2s1)N(C)C(=O)/C=C/c1ccco1. The number of carbonyl (C=O) groups excluding carboxylic acids is 1. The van der Waals surface area contributed by atoms with Gasteiger partial charge in [-0.25, -0.2) is 4.98 Å². The normalized spacial score (nSPS) is 12.8. The number of fused-ring (bicyclic) bond motifs is 1. The summed E-state index contributed by atoms with van der Waals surface area (Å²) in [5, 5.41) is 0.934. The highest BCUT2D eigenvalue weighted by Gasteiger charge is 2.19. The van der Waals surface area contributed by atoms with Crippen LogP contribution in [0.3, 0.4) is 0 Å². The Labute approximate surface area is 132 Å². The van der Waals surface area contributed by atoms with Gasteiger partial charge in [0.1, 0.15) is 10.8 Å². The molecule has 0 saturated heterocycles. The van der Waals surface area contributed by atoms with Crippen molar-refractivity contribution in [2.45, 2.75) is 13.0 Å². The second-order valence-corrected chi connectivity index (χ2v) is 6.06. The van der Waals surface area contributed by atoms with E-state index < -0.39 is 0 Å². The summed E-state index contributed by atoms with van der Waals surface area (Å²) < 4.78 is 6.32. The first-order valence-electron chi connectivity index (χ1n) is 6.99. The highest BCUT2D eigenvalue weighted by Crippen LogP contribution is 2.28. The molecule has 1 aromatic carbocycles. The number of para-hydroxylation sites is 1. The number of rotatable bonds is 4. The quantitative estimate of drug-likeness (QED) is 0.681. The molecule has 5 heteroatoms. The number of furan rings is 1. The van der Waals surface area contributed by atoms with Gasteiger partial charge in [-0.3, -0.25) is 4.79 Å². The standard InChI is InChI=1S/C17H16N2O2S/c1-12(17-18-14-7-3-4-8-15(14)22-17)19(2)16(20)10-9-13-6-5-11-21-13/h3-12H,1-2H3/b10-9+/t12-/m0/s1. The minimum atomic E-state index is -0.0804. The average Bonchev–Trinajstić information content (AvgIpc) is 3.19. The van der Waals surface area contributed by atoms with E-state index >= 15 is 0 Å². The van der Waals surface area contributed by atoms with Gasteiger partial charge in [0.2, 0.25) is 5.91 Å². The van der Waals surface area contributed by atoms with Crippen LogP contribution < -0.4 is 0 Å². The molecule has 0 spiro atoms. The number of likely N-dealkylation sites (N-methyl/N-ethyl adjacent to an activating group) is 1.